The van der Waals surface area contributed by atoms with E-state index >= 15 is 0 Å². The van der Waals surface area contributed by atoms with Crippen molar-refractivity contribution in [3.63, 3.8) is 0 Å². The number of rotatable bonds is 3. The predicted octanol–water partition coefficient (Wildman–Crippen LogP) is 1.85. The maximum Gasteiger partial charge on any atom is 0.331 e. The van der Waals surface area contributed by atoms with Gasteiger partial charge in [-0.3, -0.25) is 4.79 Å². The molecule has 1 aliphatic rings. The number of amides is 1. The largest absolute Gasteiger partial charge is 0.461 e. The van der Waals surface area contributed by atoms with E-state index in [0.717, 1.165) is 0 Å². The van der Waals surface area contributed by atoms with Gasteiger partial charge < -0.3 is 9.64 Å². The van der Waals surface area contributed by atoms with Crippen LogP contribution in [0.2, 0.25) is 0 Å². The summed E-state index contributed by atoms with van der Waals surface area (Å²) < 4.78 is 5.13. The summed E-state index contributed by atoms with van der Waals surface area (Å²) in [7, 11) is 0. The molecule has 0 saturated carbocycles. The first kappa shape index (κ1) is 12.6. The lowest BCUT2D eigenvalue weighted by atomic mass is 10.2. The summed E-state index contributed by atoms with van der Waals surface area (Å²) in [5, 5.41) is 0. The number of hydrogen-bond acceptors (Lipinski definition) is 3. The number of hydrogen-bond donors (Lipinski definition) is 0. The second-order valence-electron chi connectivity index (χ2n) is 4.75. The van der Waals surface area contributed by atoms with Gasteiger partial charge in [0.15, 0.2) is 6.04 Å². The van der Waals surface area contributed by atoms with E-state index in [9.17, 15) is 9.59 Å². The van der Waals surface area contributed by atoms with E-state index in [2.05, 4.69) is 0 Å². The van der Waals surface area contributed by atoms with Crippen LogP contribution < -0.4 is 0 Å². The highest BCUT2D eigenvalue weighted by Gasteiger charge is 2.53. The van der Waals surface area contributed by atoms with Gasteiger partial charge in [-0.05, 0) is 32.9 Å². The van der Waals surface area contributed by atoms with Crippen molar-refractivity contribution in [2.75, 3.05) is 0 Å². The van der Waals surface area contributed by atoms with Gasteiger partial charge in [-0.1, -0.05) is 18.2 Å². The molecule has 4 nitrogen and oxygen atoms in total. The Morgan fingerprint density at radius 3 is 2.39 bits per heavy atom. The van der Waals surface area contributed by atoms with Crippen LogP contribution in [0.5, 0.6) is 0 Å². The molecule has 0 spiro atoms. The highest BCUT2D eigenvalue weighted by atomic mass is 16.5. The van der Waals surface area contributed by atoms with Gasteiger partial charge in [0.25, 0.3) is 5.91 Å². The maximum absolute atomic E-state index is 12.1. The van der Waals surface area contributed by atoms with Gasteiger partial charge in [-0.15, -0.1) is 0 Å². The van der Waals surface area contributed by atoms with Crippen LogP contribution in [0.15, 0.2) is 30.3 Å². The molecule has 1 aromatic rings. The Balaban J connectivity index is 2.04. The van der Waals surface area contributed by atoms with Crippen LogP contribution in [0.4, 0.5) is 0 Å². The van der Waals surface area contributed by atoms with Gasteiger partial charge in [0.1, 0.15) is 0 Å². The molecule has 18 heavy (non-hydrogen) atoms. The summed E-state index contributed by atoms with van der Waals surface area (Å²) in [6.45, 7) is 5.45. The number of carbonyl (C=O) groups excluding carboxylic acids is 2. The zero-order valence-electron chi connectivity index (χ0n) is 10.8. The third-order valence-corrected chi connectivity index (χ3v) is 2.95. The molecule has 1 fully saturated rings. The minimum absolute atomic E-state index is 0.0797. The Labute approximate surface area is 107 Å². The first-order valence-corrected chi connectivity index (χ1v) is 6.10. The van der Waals surface area contributed by atoms with Crippen LogP contribution >= 0.6 is 0 Å². The highest BCUT2D eigenvalue weighted by Crippen LogP contribution is 2.31. The third kappa shape index (κ3) is 2.37. The number of esters is 1. The van der Waals surface area contributed by atoms with E-state index in [0.29, 0.717) is 5.56 Å². The van der Waals surface area contributed by atoms with E-state index in [1.54, 1.807) is 30.9 Å². The summed E-state index contributed by atoms with van der Waals surface area (Å²) in [5.74, 6) is -0.435. The van der Waals surface area contributed by atoms with E-state index in [1.807, 2.05) is 25.1 Å². The second kappa shape index (κ2) is 4.80. The smallest absolute Gasteiger partial charge is 0.331 e. The Kier molecular flexibility index (Phi) is 3.36. The average molecular weight is 247 g/mol. The van der Waals surface area contributed by atoms with Gasteiger partial charge in [-0.25, -0.2) is 4.79 Å². The Bertz CT molecular complexity index is 455. The molecule has 2 unspecified atom stereocenters. The molecule has 1 aliphatic heterocycles. The van der Waals surface area contributed by atoms with Gasteiger partial charge >= 0.3 is 5.97 Å². The first-order chi connectivity index (χ1) is 8.52. The normalized spacial score (nSPS) is 21.9. The minimum Gasteiger partial charge on any atom is -0.461 e. The average Bonchev–Trinajstić information content (AvgIpc) is 3.00. The lowest BCUT2D eigenvalue weighted by Crippen LogP contribution is -2.23. The van der Waals surface area contributed by atoms with E-state index in [-0.39, 0.29) is 24.0 Å². The van der Waals surface area contributed by atoms with Crippen LogP contribution in [-0.4, -0.2) is 35.0 Å². The van der Waals surface area contributed by atoms with Crippen molar-refractivity contribution in [2.24, 2.45) is 0 Å². The predicted molar refractivity (Wildman–Crippen MR) is 67.1 cm³/mol. The van der Waals surface area contributed by atoms with Crippen molar-refractivity contribution in [3.8, 4) is 0 Å². The lowest BCUT2D eigenvalue weighted by Gasteiger charge is -2.07. The zero-order chi connectivity index (χ0) is 13.3. The van der Waals surface area contributed by atoms with Crippen LogP contribution in [0.1, 0.15) is 31.1 Å². The fourth-order valence-corrected chi connectivity index (χ4v) is 2.00. The van der Waals surface area contributed by atoms with Gasteiger partial charge in [0, 0.05) is 5.56 Å². The molecule has 1 aromatic carbocycles. The van der Waals surface area contributed by atoms with Gasteiger partial charge in [-0.2, -0.15) is 0 Å². The van der Waals surface area contributed by atoms with Crippen molar-refractivity contribution in [3.05, 3.63) is 35.9 Å². The van der Waals surface area contributed by atoms with E-state index < -0.39 is 6.04 Å². The molecule has 1 saturated heterocycles. The van der Waals surface area contributed by atoms with Crippen molar-refractivity contribution in [2.45, 2.75) is 39.0 Å². The highest BCUT2D eigenvalue weighted by molar-refractivity contribution is 6.00. The Morgan fingerprint density at radius 1 is 1.22 bits per heavy atom. The Hall–Kier alpha value is -1.84. The second-order valence-corrected chi connectivity index (χ2v) is 4.75. The monoisotopic (exact) mass is 247 g/mol. The third-order valence-electron chi connectivity index (χ3n) is 2.95. The molecule has 0 bridgehead atoms. The van der Waals surface area contributed by atoms with Crippen molar-refractivity contribution >= 4 is 11.9 Å². The van der Waals surface area contributed by atoms with Crippen LogP contribution in [0.25, 0.3) is 0 Å². The molecule has 4 heteroatoms. The molecule has 1 heterocycles. The molecule has 0 aromatic heterocycles. The number of benzene rings is 1. The number of carbonyl (C=O) groups is 2. The summed E-state index contributed by atoms with van der Waals surface area (Å²) in [6, 6.07) is 8.46. The quantitative estimate of drug-likeness (QED) is 0.605. The summed E-state index contributed by atoms with van der Waals surface area (Å²) in [4.78, 5) is 25.4. The molecule has 0 aliphatic carbocycles. The van der Waals surface area contributed by atoms with Gasteiger partial charge in [0.05, 0.1) is 12.1 Å². The van der Waals surface area contributed by atoms with Crippen molar-refractivity contribution in [1.82, 2.24) is 4.90 Å². The summed E-state index contributed by atoms with van der Waals surface area (Å²) in [5.41, 5.74) is 0.601. The molecule has 2 rings (SSSR count). The maximum atomic E-state index is 12.1. The molecule has 96 valence electrons. The number of nitrogens with zero attached hydrogens (tertiary/aromatic N) is 1. The van der Waals surface area contributed by atoms with Crippen LogP contribution in [-0.2, 0) is 9.53 Å². The number of ether oxygens (including phenoxy) is 1. The molecule has 2 atom stereocenters. The zero-order valence-corrected chi connectivity index (χ0v) is 10.8. The fourth-order valence-electron chi connectivity index (χ4n) is 2.00. The van der Waals surface area contributed by atoms with Crippen molar-refractivity contribution < 1.29 is 14.3 Å². The summed E-state index contributed by atoms with van der Waals surface area (Å²) in [6.07, 6.45) is -0.154. The molecule has 0 radical (unpaired) electrons. The fraction of sp³-hybridized carbons (Fsp3) is 0.429. The SMILES string of the molecule is CC(C)OC(=O)C1C(C)N1C(=O)c1ccccc1. The van der Waals surface area contributed by atoms with Crippen LogP contribution in [0, 0.1) is 0 Å². The van der Waals surface area contributed by atoms with Crippen LogP contribution in [0.3, 0.4) is 0 Å². The minimum atomic E-state index is -0.430. The first-order valence-electron chi connectivity index (χ1n) is 6.10. The van der Waals surface area contributed by atoms with E-state index in [1.165, 1.54) is 0 Å². The lowest BCUT2D eigenvalue weighted by molar-refractivity contribution is -0.147. The van der Waals surface area contributed by atoms with Gasteiger partial charge in [0.2, 0.25) is 0 Å². The Morgan fingerprint density at radius 2 is 1.83 bits per heavy atom. The van der Waals surface area contributed by atoms with Crippen molar-refractivity contribution in [1.29, 1.82) is 0 Å². The standard InChI is InChI=1S/C14H17NO3/c1-9(2)18-14(17)12-10(3)15(12)13(16)11-7-5-4-6-8-11/h4-10,12H,1-3H3. The molecule has 0 N–H and O–H groups in total. The molecule has 1 amide bonds. The topological polar surface area (TPSA) is 46.4 Å². The van der Waals surface area contributed by atoms with E-state index in [4.69, 9.17) is 4.74 Å². The molecular weight excluding hydrogens is 230 g/mol. The summed E-state index contributed by atoms with van der Waals surface area (Å²) >= 11 is 0. The molecular formula is C14H17NO3.